The lowest BCUT2D eigenvalue weighted by Gasteiger charge is -2.37. The van der Waals surface area contributed by atoms with Crippen LogP contribution in [0.1, 0.15) is 70.6 Å². The molecular formula is C30H45N3O4. The molecule has 0 spiro atoms. The molecule has 1 heterocycles. The molecular weight excluding hydrogens is 466 g/mol. The predicted octanol–water partition coefficient (Wildman–Crippen LogP) is 5.12. The van der Waals surface area contributed by atoms with E-state index in [0.29, 0.717) is 38.6 Å². The highest BCUT2D eigenvalue weighted by atomic mass is 16.5. The number of nitrogens with zero attached hydrogens (tertiary/aromatic N) is 3. The first-order valence-corrected chi connectivity index (χ1v) is 13.6. The van der Waals surface area contributed by atoms with E-state index < -0.39 is 5.54 Å². The van der Waals surface area contributed by atoms with Gasteiger partial charge in [-0.05, 0) is 62.9 Å². The van der Waals surface area contributed by atoms with E-state index in [1.165, 1.54) is 25.7 Å². The Morgan fingerprint density at radius 2 is 1.81 bits per heavy atom. The van der Waals surface area contributed by atoms with Gasteiger partial charge in [-0.3, -0.25) is 9.59 Å². The highest BCUT2D eigenvalue weighted by molar-refractivity contribution is 5.85. The lowest BCUT2D eigenvalue weighted by atomic mass is 10.0. The van der Waals surface area contributed by atoms with E-state index in [0.717, 1.165) is 23.4 Å². The van der Waals surface area contributed by atoms with Gasteiger partial charge in [0.25, 0.3) is 0 Å². The summed E-state index contributed by atoms with van der Waals surface area (Å²) in [6.07, 6.45) is 8.43. The third-order valence-electron chi connectivity index (χ3n) is 7.33. The second-order valence-electron chi connectivity index (χ2n) is 11.1. The molecule has 2 aromatic rings. The van der Waals surface area contributed by atoms with Crippen molar-refractivity contribution in [1.82, 2.24) is 14.4 Å². The van der Waals surface area contributed by atoms with E-state index in [1.54, 1.807) is 19.1 Å². The van der Waals surface area contributed by atoms with Crippen molar-refractivity contribution in [1.29, 1.82) is 0 Å². The number of carbonyl (C=O) groups excluding carboxylic acids is 2. The summed E-state index contributed by atoms with van der Waals surface area (Å²) in [5, 5.41) is 0. The van der Waals surface area contributed by atoms with Gasteiger partial charge in [0.05, 0.1) is 26.8 Å². The SMILES string of the molecule is COCCN(CC(=O)N(Cc1cccn1Cc1cccc(OC)c1)C(C)(C)C)C(=O)CCC1CCCC1. The quantitative estimate of drug-likeness (QED) is 0.375. The van der Waals surface area contributed by atoms with Gasteiger partial charge in [0.2, 0.25) is 11.8 Å². The van der Waals surface area contributed by atoms with Crippen LogP contribution in [0.4, 0.5) is 0 Å². The highest BCUT2D eigenvalue weighted by Crippen LogP contribution is 2.29. The number of aromatic nitrogens is 1. The lowest BCUT2D eigenvalue weighted by molar-refractivity contribution is -0.144. The van der Waals surface area contributed by atoms with Crippen molar-refractivity contribution in [3.05, 3.63) is 53.9 Å². The zero-order chi connectivity index (χ0) is 26.8. The Morgan fingerprint density at radius 3 is 2.49 bits per heavy atom. The Hall–Kier alpha value is -2.80. The van der Waals surface area contributed by atoms with Gasteiger partial charge in [-0.15, -0.1) is 0 Å². The van der Waals surface area contributed by atoms with Gasteiger partial charge in [0.15, 0.2) is 0 Å². The molecule has 1 aliphatic rings. The molecule has 1 aromatic heterocycles. The van der Waals surface area contributed by atoms with Gasteiger partial charge in [-0.2, -0.15) is 0 Å². The second kappa shape index (κ2) is 13.7. The van der Waals surface area contributed by atoms with E-state index in [-0.39, 0.29) is 18.4 Å². The fourth-order valence-electron chi connectivity index (χ4n) is 5.10. The van der Waals surface area contributed by atoms with Crippen LogP contribution in [0.25, 0.3) is 0 Å². The van der Waals surface area contributed by atoms with E-state index in [4.69, 9.17) is 9.47 Å². The molecule has 0 atom stereocenters. The first kappa shape index (κ1) is 28.8. The van der Waals surface area contributed by atoms with Crippen molar-refractivity contribution in [2.75, 3.05) is 33.9 Å². The average Bonchev–Trinajstić information content (AvgIpc) is 3.55. The fraction of sp³-hybridized carbons (Fsp3) is 0.600. The predicted molar refractivity (Wildman–Crippen MR) is 146 cm³/mol. The van der Waals surface area contributed by atoms with Crippen molar-refractivity contribution in [2.24, 2.45) is 5.92 Å². The normalized spacial score (nSPS) is 14.1. The van der Waals surface area contributed by atoms with Crippen molar-refractivity contribution in [3.8, 4) is 5.75 Å². The number of hydrogen-bond acceptors (Lipinski definition) is 4. The lowest BCUT2D eigenvalue weighted by Crippen LogP contribution is -2.50. The van der Waals surface area contributed by atoms with E-state index in [2.05, 4.69) is 16.7 Å². The van der Waals surface area contributed by atoms with Crippen LogP contribution in [0.15, 0.2) is 42.6 Å². The molecule has 0 bridgehead atoms. The number of benzene rings is 1. The van der Waals surface area contributed by atoms with Crippen molar-refractivity contribution >= 4 is 11.8 Å². The van der Waals surface area contributed by atoms with E-state index in [9.17, 15) is 9.59 Å². The molecule has 0 radical (unpaired) electrons. The maximum absolute atomic E-state index is 13.7. The first-order valence-electron chi connectivity index (χ1n) is 13.6. The minimum Gasteiger partial charge on any atom is -0.497 e. The fourth-order valence-corrected chi connectivity index (χ4v) is 5.10. The van der Waals surface area contributed by atoms with Crippen molar-refractivity contribution in [3.63, 3.8) is 0 Å². The number of carbonyl (C=O) groups is 2. The summed E-state index contributed by atoms with van der Waals surface area (Å²) in [5.41, 5.74) is 1.77. The maximum atomic E-state index is 13.7. The first-order chi connectivity index (χ1) is 17.7. The molecule has 0 unspecified atom stereocenters. The third-order valence-corrected chi connectivity index (χ3v) is 7.33. The van der Waals surface area contributed by atoms with Crippen LogP contribution in [0.5, 0.6) is 5.75 Å². The molecule has 0 aliphatic heterocycles. The molecule has 7 heteroatoms. The topological polar surface area (TPSA) is 64.0 Å². The summed E-state index contributed by atoms with van der Waals surface area (Å²) < 4.78 is 12.8. The van der Waals surface area contributed by atoms with Gasteiger partial charge in [-0.25, -0.2) is 0 Å². The zero-order valence-electron chi connectivity index (χ0n) is 23.4. The second-order valence-corrected chi connectivity index (χ2v) is 11.1. The summed E-state index contributed by atoms with van der Waals surface area (Å²) in [7, 11) is 3.30. The number of rotatable bonds is 13. The molecule has 1 fully saturated rings. The molecule has 2 amide bonds. The van der Waals surface area contributed by atoms with E-state index >= 15 is 0 Å². The monoisotopic (exact) mass is 511 g/mol. The average molecular weight is 512 g/mol. The Balaban J connectivity index is 1.70. The van der Waals surface area contributed by atoms with Crippen LogP contribution in [-0.2, 0) is 27.4 Å². The molecule has 204 valence electrons. The molecule has 0 N–H and O–H groups in total. The van der Waals surface area contributed by atoms with Gasteiger partial charge < -0.3 is 23.8 Å². The van der Waals surface area contributed by atoms with Crippen molar-refractivity contribution in [2.45, 2.75) is 77.9 Å². The summed E-state index contributed by atoms with van der Waals surface area (Å²) in [6, 6.07) is 12.1. The zero-order valence-corrected chi connectivity index (χ0v) is 23.4. The number of ether oxygens (including phenoxy) is 2. The molecule has 1 aliphatic carbocycles. The van der Waals surface area contributed by atoms with Crippen LogP contribution >= 0.6 is 0 Å². The smallest absolute Gasteiger partial charge is 0.242 e. The van der Waals surface area contributed by atoms with Crippen LogP contribution in [0.3, 0.4) is 0 Å². The summed E-state index contributed by atoms with van der Waals surface area (Å²) in [4.78, 5) is 30.4. The van der Waals surface area contributed by atoms with Crippen molar-refractivity contribution < 1.29 is 19.1 Å². The Morgan fingerprint density at radius 1 is 1.05 bits per heavy atom. The largest absolute Gasteiger partial charge is 0.497 e. The van der Waals surface area contributed by atoms with Gasteiger partial charge in [0.1, 0.15) is 5.75 Å². The molecule has 1 aromatic carbocycles. The minimum absolute atomic E-state index is 0.0487. The van der Waals surface area contributed by atoms with E-state index in [1.807, 2.05) is 56.1 Å². The third kappa shape index (κ3) is 8.63. The number of methoxy groups -OCH3 is 2. The summed E-state index contributed by atoms with van der Waals surface area (Å²) in [6.45, 7) is 8.20. The van der Waals surface area contributed by atoms with Crippen LogP contribution in [0, 0.1) is 5.92 Å². The maximum Gasteiger partial charge on any atom is 0.242 e. The summed E-state index contributed by atoms with van der Waals surface area (Å²) in [5.74, 6) is 1.47. The standard InChI is InChI=1S/C30H45N3O4/c1-30(2,3)33(22-26-13-9-17-31(26)21-25-12-8-14-27(20-25)37-5)29(35)23-32(18-19-36-4)28(34)16-15-24-10-6-7-11-24/h8-9,12-14,17,20,24H,6-7,10-11,15-16,18-19,21-23H2,1-5H3. The van der Waals surface area contributed by atoms with Crippen LogP contribution < -0.4 is 4.74 Å². The molecule has 1 saturated carbocycles. The highest BCUT2D eigenvalue weighted by Gasteiger charge is 2.30. The van der Waals surface area contributed by atoms with Crippen LogP contribution in [0.2, 0.25) is 0 Å². The van der Waals surface area contributed by atoms with Crippen LogP contribution in [-0.4, -0.2) is 65.6 Å². The molecule has 7 nitrogen and oxygen atoms in total. The Labute approximate surface area is 222 Å². The summed E-state index contributed by atoms with van der Waals surface area (Å²) >= 11 is 0. The number of hydrogen-bond donors (Lipinski definition) is 0. The number of amides is 2. The Bertz CT molecular complexity index is 1000. The Kier molecular flexibility index (Phi) is 10.6. The molecule has 0 saturated heterocycles. The molecule has 3 rings (SSSR count). The van der Waals surface area contributed by atoms with Gasteiger partial charge >= 0.3 is 0 Å². The van der Waals surface area contributed by atoms with Gasteiger partial charge in [0, 0.05) is 44.0 Å². The van der Waals surface area contributed by atoms with Gasteiger partial charge in [-0.1, -0.05) is 37.8 Å². The minimum atomic E-state index is -0.401. The molecule has 37 heavy (non-hydrogen) atoms.